The highest BCUT2D eigenvalue weighted by molar-refractivity contribution is 7.07. The van der Waals surface area contributed by atoms with E-state index in [4.69, 9.17) is 0 Å². The molecule has 0 spiro atoms. The lowest BCUT2D eigenvalue weighted by Gasteiger charge is -2.28. The minimum Gasteiger partial charge on any atom is -0.310 e. The molecule has 1 heterocycles. The molecule has 0 saturated heterocycles. The maximum absolute atomic E-state index is 3.53. The van der Waals surface area contributed by atoms with Gasteiger partial charge in [0.05, 0.1) is 0 Å². The van der Waals surface area contributed by atoms with Gasteiger partial charge in [0.1, 0.15) is 0 Å². The first kappa shape index (κ1) is 10.7. The lowest BCUT2D eigenvalue weighted by atomic mass is 9.88. The average Bonchev–Trinajstić information content (AvgIpc) is 2.50. The molecule has 13 heavy (non-hydrogen) atoms. The molecule has 1 N–H and O–H groups in total. The average molecular weight is 197 g/mol. The van der Waals surface area contributed by atoms with E-state index in [1.54, 1.807) is 11.3 Å². The van der Waals surface area contributed by atoms with Gasteiger partial charge in [-0.25, -0.2) is 0 Å². The van der Waals surface area contributed by atoms with Crippen LogP contribution in [0, 0.1) is 5.41 Å². The Bertz CT molecular complexity index is 233. The standard InChI is InChI=1S/C11H19NS/c1-9(11(2,3)4)12-7-10-5-6-13-8-10/h5-6,8-9,12H,7H2,1-4H3. The molecule has 1 unspecified atom stereocenters. The molecular formula is C11H19NS. The Morgan fingerprint density at radius 3 is 2.62 bits per heavy atom. The molecule has 0 radical (unpaired) electrons. The van der Waals surface area contributed by atoms with Crippen molar-refractivity contribution < 1.29 is 0 Å². The number of nitrogens with one attached hydrogen (secondary N) is 1. The number of hydrogen-bond donors (Lipinski definition) is 1. The summed E-state index contributed by atoms with van der Waals surface area (Å²) in [7, 11) is 0. The Kier molecular flexibility index (Phi) is 3.51. The van der Waals surface area contributed by atoms with Crippen LogP contribution in [0.1, 0.15) is 33.3 Å². The molecule has 0 aromatic carbocycles. The van der Waals surface area contributed by atoms with Crippen LogP contribution >= 0.6 is 11.3 Å². The Morgan fingerprint density at radius 2 is 2.15 bits per heavy atom. The van der Waals surface area contributed by atoms with Crippen LogP contribution in [0.4, 0.5) is 0 Å². The predicted molar refractivity (Wildman–Crippen MR) is 60.1 cm³/mol. The van der Waals surface area contributed by atoms with E-state index in [1.807, 2.05) is 0 Å². The van der Waals surface area contributed by atoms with Gasteiger partial charge in [-0.2, -0.15) is 11.3 Å². The molecule has 0 saturated carbocycles. The molecule has 1 nitrogen and oxygen atoms in total. The van der Waals surface area contributed by atoms with Crippen LogP contribution in [0.3, 0.4) is 0 Å². The van der Waals surface area contributed by atoms with Gasteiger partial charge in [-0.15, -0.1) is 0 Å². The molecule has 0 amide bonds. The van der Waals surface area contributed by atoms with Crippen molar-refractivity contribution in [2.24, 2.45) is 5.41 Å². The summed E-state index contributed by atoms with van der Waals surface area (Å²) in [6, 6.07) is 2.72. The van der Waals surface area contributed by atoms with Crippen LogP contribution in [0.5, 0.6) is 0 Å². The minimum absolute atomic E-state index is 0.343. The van der Waals surface area contributed by atoms with Crippen molar-refractivity contribution in [3.8, 4) is 0 Å². The van der Waals surface area contributed by atoms with E-state index in [9.17, 15) is 0 Å². The zero-order valence-corrected chi connectivity index (χ0v) is 9.74. The van der Waals surface area contributed by atoms with E-state index in [1.165, 1.54) is 5.56 Å². The summed E-state index contributed by atoms with van der Waals surface area (Å²) in [5.74, 6) is 0. The highest BCUT2D eigenvalue weighted by Crippen LogP contribution is 2.19. The van der Waals surface area contributed by atoms with Crippen LogP contribution in [0.15, 0.2) is 16.8 Å². The van der Waals surface area contributed by atoms with Crippen LogP contribution in [0.2, 0.25) is 0 Å². The molecule has 74 valence electrons. The van der Waals surface area contributed by atoms with Gasteiger partial charge < -0.3 is 5.32 Å². The van der Waals surface area contributed by atoms with Gasteiger partial charge in [0.2, 0.25) is 0 Å². The molecule has 0 bridgehead atoms. The monoisotopic (exact) mass is 197 g/mol. The lowest BCUT2D eigenvalue weighted by molar-refractivity contribution is 0.285. The number of hydrogen-bond acceptors (Lipinski definition) is 2. The minimum atomic E-state index is 0.343. The van der Waals surface area contributed by atoms with Gasteiger partial charge >= 0.3 is 0 Å². The van der Waals surface area contributed by atoms with Gasteiger partial charge in [0.15, 0.2) is 0 Å². The van der Waals surface area contributed by atoms with Gasteiger partial charge in [0.25, 0.3) is 0 Å². The first-order valence-corrected chi connectivity index (χ1v) is 5.69. The van der Waals surface area contributed by atoms with Crippen molar-refractivity contribution in [1.29, 1.82) is 0 Å². The second-order valence-electron chi connectivity index (χ2n) is 4.60. The summed E-state index contributed by atoms with van der Waals surface area (Å²) in [5, 5.41) is 7.85. The molecule has 0 aliphatic heterocycles. The van der Waals surface area contributed by atoms with Crippen molar-refractivity contribution in [2.45, 2.75) is 40.3 Å². The zero-order chi connectivity index (χ0) is 9.90. The molecule has 1 atom stereocenters. The first-order chi connectivity index (χ1) is 6.00. The fourth-order valence-electron chi connectivity index (χ4n) is 0.970. The Labute approximate surface area is 85.2 Å². The molecule has 2 heteroatoms. The quantitative estimate of drug-likeness (QED) is 0.784. The third-order valence-corrected chi connectivity index (χ3v) is 3.22. The Morgan fingerprint density at radius 1 is 1.46 bits per heavy atom. The van der Waals surface area contributed by atoms with E-state index in [-0.39, 0.29) is 0 Å². The van der Waals surface area contributed by atoms with E-state index in [0.29, 0.717) is 11.5 Å². The summed E-state index contributed by atoms with van der Waals surface area (Å²) in [4.78, 5) is 0. The summed E-state index contributed by atoms with van der Waals surface area (Å²) in [5.41, 5.74) is 1.73. The van der Waals surface area contributed by atoms with Crippen LogP contribution in [-0.4, -0.2) is 6.04 Å². The molecule has 1 aromatic heterocycles. The summed E-state index contributed by atoms with van der Waals surface area (Å²) in [6.45, 7) is 10.0. The fraction of sp³-hybridized carbons (Fsp3) is 0.636. The summed E-state index contributed by atoms with van der Waals surface area (Å²) in [6.07, 6.45) is 0. The Hall–Kier alpha value is -0.340. The van der Waals surface area contributed by atoms with Gasteiger partial charge in [-0.3, -0.25) is 0 Å². The number of rotatable bonds is 3. The molecular weight excluding hydrogens is 178 g/mol. The molecule has 0 aliphatic carbocycles. The number of thiophene rings is 1. The molecule has 1 aromatic rings. The largest absolute Gasteiger partial charge is 0.310 e. The molecule has 1 rings (SSSR count). The van der Waals surface area contributed by atoms with E-state index in [0.717, 1.165) is 6.54 Å². The van der Waals surface area contributed by atoms with Gasteiger partial charge in [-0.05, 0) is 34.7 Å². The van der Waals surface area contributed by atoms with Crippen molar-refractivity contribution in [3.63, 3.8) is 0 Å². The predicted octanol–water partition coefficient (Wildman–Crippen LogP) is 3.27. The lowest BCUT2D eigenvalue weighted by Crippen LogP contribution is -2.37. The first-order valence-electron chi connectivity index (χ1n) is 4.74. The van der Waals surface area contributed by atoms with Gasteiger partial charge in [-0.1, -0.05) is 20.8 Å². The van der Waals surface area contributed by atoms with Crippen molar-refractivity contribution in [1.82, 2.24) is 5.32 Å². The van der Waals surface area contributed by atoms with E-state index < -0.39 is 0 Å². The van der Waals surface area contributed by atoms with E-state index >= 15 is 0 Å². The van der Waals surface area contributed by atoms with Crippen LogP contribution in [-0.2, 0) is 6.54 Å². The van der Waals surface area contributed by atoms with Crippen LogP contribution in [0.25, 0.3) is 0 Å². The summed E-state index contributed by atoms with van der Waals surface area (Å²) >= 11 is 1.76. The second kappa shape index (κ2) is 4.25. The Balaban J connectivity index is 2.35. The maximum Gasteiger partial charge on any atom is 0.0216 e. The summed E-state index contributed by atoms with van der Waals surface area (Å²) < 4.78 is 0. The highest BCUT2D eigenvalue weighted by atomic mass is 32.1. The van der Waals surface area contributed by atoms with E-state index in [2.05, 4.69) is 49.8 Å². The smallest absolute Gasteiger partial charge is 0.0216 e. The molecule has 0 aliphatic rings. The van der Waals surface area contributed by atoms with Crippen molar-refractivity contribution >= 4 is 11.3 Å². The zero-order valence-electron chi connectivity index (χ0n) is 8.92. The third kappa shape index (κ3) is 3.49. The van der Waals surface area contributed by atoms with Crippen molar-refractivity contribution in [3.05, 3.63) is 22.4 Å². The third-order valence-electron chi connectivity index (χ3n) is 2.49. The van der Waals surface area contributed by atoms with Crippen molar-refractivity contribution in [2.75, 3.05) is 0 Å². The second-order valence-corrected chi connectivity index (χ2v) is 5.38. The maximum atomic E-state index is 3.53. The van der Waals surface area contributed by atoms with Gasteiger partial charge in [0, 0.05) is 12.6 Å². The normalized spacial score (nSPS) is 14.5. The topological polar surface area (TPSA) is 12.0 Å². The molecule has 0 fully saturated rings. The fourth-order valence-corrected chi connectivity index (χ4v) is 1.64. The van der Waals surface area contributed by atoms with Crippen LogP contribution < -0.4 is 5.32 Å². The SMILES string of the molecule is CC(NCc1ccsc1)C(C)(C)C. The highest BCUT2D eigenvalue weighted by Gasteiger charge is 2.18.